The molecule has 1 aromatic heterocycles. The predicted octanol–water partition coefficient (Wildman–Crippen LogP) is 3.75. The molecule has 4 nitrogen and oxygen atoms in total. The first-order chi connectivity index (χ1) is 12.2. The third-order valence-corrected chi connectivity index (χ3v) is 5.78. The third kappa shape index (κ3) is 3.35. The Morgan fingerprint density at radius 2 is 1.84 bits per heavy atom. The number of likely N-dealkylation sites (tertiary alicyclic amines) is 1. The van der Waals surface area contributed by atoms with E-state index in [0.717, 1.165) is 38.3 Å². The maximum absolute atomic E-state index is 12.6. The van der Waals surface area contributed by atoms with E-state index in [1.54, 1.807) is 0 Å². The molecule has 0 spiro atoms. The summed E-state index contributed by atoms with van der Waals surface area (Å²) in [6.07, 6.45) is 7.86. The van der Waals surface area contributed by atoms with Crippen LogP contribution in [-0.2, 0) is 11.3 Å². The second-order valence-corrected chi connectivity index (χ2v) is 7.60. The topological polar surface area (TPSA) is 38.1 Å². The van der Waals surface area contributed by atoms with Gasteiger partial charge in [-0.2, -0.15) is 0 Å². The molecule has 4 rings (SSSR count). The highest BCUT2D eigenvalue weighted by Crippen LogP contribution is 2.32. The molecule has 4 heteroatoms. The summed E-state index contributed by atoms with van der Waals surface area (Å²) in [5.41, 5.74) is 2.48. The lowest BCUT2D eigenvalue weighted by atomic mass is 9.86. The average molecular weight is 337 g/mol. The minimum atomic E-state index is 0.278. The number of nitrogens with zero attached hydrogens (tertiary/aromatic N) is 3. The zero-order valence-electron chi connectivity index (χ0n) is 15.0. The van der Waals surface area contributed by atoms with E-state index in [0.29, 0.717) is 11.8 Å². The molecule has 0 atom stereocenters. The summed E-state index contributed by atoms with van der Waals surface area (Å²) in [6.45, 7) is 4.64. The number of hydrogen-bond donors (Lipinski definition) is 0. The highest BCUT2D eigenvalue weighted by molar-refractivity contribution is 5.80. The Morgan fingerprint density at radius 1 is 1.12 bits per heavy atom. The third-order valence-electron chi connectivity index (χ3n) is 5.78. The molecule has 0 N–H and O–H groups in total. The standard InChI is InChI=1S/C21H27N3O/c1-16-12-22-20(24(16)13-17-8-4-2-5-9-17)19-14-23(15-19)21(25)18-10-6-3-7-11-18/h2,4-5,8-9,12,18-19H,3,6-7,10-11,13-15H2,1H3. The van der Waals surface area contributed by atoms with E-state index in [1.807, 2.05) is 12.3 Å². The summed E-state index contributed by atoms with van der Waals surface area (Å²) in [5, 5.41) is 0. The number of aromatic nitrogens is 2. The van der Waals surface area contributed by atoms with Crippen LogP contribution in [0.3, 0.4) is 0 Å². The van der Waals surface area contributed by atoms with Crippen molar-refractivity contribution in [2.24, 2.45) is 5.92 Å². The SMILES string of the molecule is Cc1cnc(C2CN(C(=O)C3CCCCC3)C2)n1Cc1ccccc1. The van der Waals surface area contributed by atoms with Gasteiger partial charge in [-0.1, -0.05) is 49.6 Å². The fourth-order valence-corrected chi connectivity index (χ4v) is 4.21. The zero-order valence-corrected chi connectivity index (χ0v) is 15.0. The second kappa shape index (κ2) is 7.03. The lowest BCUT2D eigenvalue weighted by molar-refractivity contribution is -0.141. The highest BCUT2D eigenvalue weighted by Gasteiger charge is 2.37. The fraction of sp³-hybridized carbons (Fsp3) is 0.524. The molecule has 0 unspecified atom stereocenters. The van der Waals surface area contributed by atoms with Crippen LogP contribution in [0.1, 0.15) is 55.1 Å². The van der Waals surface area contributed by atoms with Gasteiger partial charge in [0.2, 0.25) is 5.91 Å². The van der Waals surface area contributed by atoms with E-state index in [2.05, 4.69) is 45.6 Å². The number of aryl methyl sites for hydroxylation is 1. The number of imidazole rings is 1. The molecule has 0 bridgehead atoms. The minimum Gasteiger partial charge on any atom is -0.341 e. The summed E-state index contributed by atoms with van der Waals surface area (Å²) in [6, 6.07) is 10.5. The molecule has 25 heavy (non-hydrogen) atoms. The lowest BCUT2D eigenvalue weighted by Gasteiger charge is -2.41. The Bertz CT molecular complexity index is 725. The number of carbonyl (C=O) groups is 1. The Labute approximate surface area is 149 Å². The normalized spacial score (nSPS) is 19.0. The summed E-state index contributed by atoms with van der Waals surface area (Å²) >= 11 is 0. The van der Waals surface area contributed by atoms with Crippen LogP contribution in [0.25, 0.3) is 0 Å². The molecule has 1 saturated carbocycles. The van der Waals surface area contributed by atoms with E-state index in [1.165, 1.54) is 30.5 Å². The minimum absolute atomic E-state index is 0.278. The van der Waals surface area contributed by atoms with Crippen LogP contribution in [-0.4, -0.2) is 33.4 Å². The molecule has 1 amide bonds. The van der Waals surface area contributed by atoms with Gasteiger partial charge < -0.3 is 9.47 Å². The summed E-state index contributed by atoms with van der Waals surface area (Å²) in [5.74, 6) is 2.17. The van der Waals surface area contributed by atoms with Crippen molar-refractivity contribution in [1.82, 2.24) is 14.5 Å². The quantitative estimate of drug-likeness (QED) is 0.852. The Balaban J connectivity index is 1.41. The second-order valence-electron chi connectivity index (χ2n) is 7.60. The van der Waals surface area contributed by atoms with Crippen LogP contribution in [0, 0.1) is 12.8 Å². The van der Waals surface area contributed by atoms with Crippen molar-refractivity contribution < 1.29 is 4.79 Å². The highest BCUT2D eigenvalue weighted by atomic mass is 16.2. The van der Waals surface area contributed by atoms with Crippen molar-refractivity contribution in [2.75, 3.05) is 13.1 Å². The first-order valence-electron chi connectivity index (χ1n) is 9.57. The molecular weight excluding hydrogens is 310 g/mol. The van der Waals surface area contributed by atoms with E-state index >= 15 is 0 Å². The van der Waals surface area contributed by atoms with E-state index < -0.39 is 0 Å². The Hall–Kier alpha value is -2.10. The zero-order chi connectivity index (χ0) is 17.2. The van der Waals surface area contributed by atoms with Gasteiger partial charge in [0, 0.05) is 37.4 Å². The van der Waals surface area contributed by atoms with Crippen molar-refractivity contribution >= 4 is 5.91 Å². The largest absolute Gasteiger partial charge is 0.341 e. The van der Waals surface area contributed by atoms with Gasteiger partial charge in [0.1, 0.15) is 5.82 Å². The maximum atomic E-state index is 12.6. The van der Waals surface area contributed by atoms with Crippen LogP contribution in [0.4, 0.5) is 0 Å². The molecular formula is C21H27N3O. The summed E-state index contributed by atoms with van der Waals surface area (Å²) in [4.78, 5) is 19.4. The molecule has 2 aliphatic rings. The predicted molar refractivity (Wildman–Crippen MR) is 98.4 cm³/mol. The first kappa shape index (κ1) is 16.4. The van der Waals surface area contributed by atoms with Crippen molar-refractivity contribution in [1.29, 1.82) is 0 Å². The molecule has 0 radical (unpaired) electrons. The van der Waals surface area contributed by atoms with Crippen molar-refractivity contribution in [2.45, 2.75) is 51.5 Å². The number of benzene rings is 1. The molecule has 1 aliphatic heterocycles. The van der Waals surface area contributed by atoms with Gasteiger partial charge in [0.25, 0.3) is 0 Å². The number of amides is 1. The summed E-state index contributed by atoms with van der Waals surface area (Å²) in [7, 11) is 0. The Kier molecular flexibility index (Phi) is 4.60. The van der Waals surface area contributed by atoms with Gasteiger partial charge >= 0.3 is 0 Å². The molecule has 1 saturated heterocycles. The van der Waals surface area contributed by atoms with E-state index in [-0.39, 0.29) is 5.92 Å². The fourth-order valence-electron chi connectivity index (χ4n) is 4.21. The van der Waals surface area contributed by atoms with Crippen LogP contribution in [0.2, 0.25) is 0 Å². The monoisotopic (exact) mass is 337 g/mol. The number of hydrogen-bond acceptors (Lipinski definition) is 2. The maximum Gasteiger partial charge on any atom is 0.225 e. The van der Waals surface area contributed by atoms with E-state index in [9.17, 15) is 4.79 Å². The van der Waals surface area contributed by atoms with Crippen molar-refractivity contribution in [3.63, 3.8) is 0 Å². The van der Waals surface area contributed by atoms with Crippen LogP contribution in [0.5, 0.6) is 0 Å². The van der Waals surface area contributed by atoms with Gasteiger partial charge in [-0.25, -0.2) is 4.98 Å². The van der Waals surface area contributed by atoms with Gasteiger partial charge in [-0.15, -0.1) is 0 Å². The summed E-state index contributed by atoms with van der Waals surface area (Å²) < 4.78 is 2.31. The van der Waals surface area contributed by atoms with Gasteiger partial charge in [-0.05, 0) is 25.3 Å². The number of rotatable bonds is 4. The van der Waals surface area contributed by atoms with Gasteiger partial charge in [0.15, 0.2) is 0 Å². The molecule has 2 aromatic rings. The molecule has 2 fully saturated rings. The Morgan fingerprint density at radius 3 is 2.56 bits per heavy atom. The van der Waals surface area contributed by atoms with Crippen LogP contribution < -0.4 is 0 Å². The first-order valence-corrected chi connectivity index (χ1v) is 9.57. The molecule has 1 aromatic carbocycles. The molecule has 1 aliphatic carbocycles. The van der Waals surface area contributed by atoms with E-state index in [4.69, 9.17) is 0 Å². The van der Waals surface area contributed by atoms with Crippen molar-refractivity contribution in [3.8, 4) is 0 Å². The number of carbonyl (C=O) groups excluding carboxylic acids is 1. The van der Waals surface area contributed by atoms with Crippen molar-refractivity contribution in [3.05, 3.63) is 53.6 Å². The van der Waals surface area contributed by atoms with Gasteiger partial charge in [-0.3, -0.25) is 4.79 Å². The average Bonchev–Trinajstić information content (AvgIpc) is 2.96. The lowest BCUT2D eigenvalue weighted by Crippen LogP contribution is -2.51. The van der Waals surface area contributed by atoms with Crippen LogP contribution >= 0.6 is 0 Å². The molecule has 132 valence electrons. The smallest absolute Gasteiger partial charge is 0.225 e. The molecule has 2 heterocycles. The van der Waals surface area contributed by atoms with Gasteiger partial charge in [0.05, 0.1) is 5.92 Å². The van der Waals surface area contributed by atoms with Crippen LogP contribution in [0.15, 0.2) is 36.5 Å².